The maximum atomic E-state index is 9.13. The van der Waals surface area contributed by atoms with E-state index in [0.29, 0.717) is 6.42 Å². The normalized spacial score (nSPS) is 41.7. The second-order valence-corrected chi connectivity index (χ2v) is 2.39. The first-order chi connectivity index (χ1) is 4.74. The summed E-state index contributed by atoms with van der Waals surface area (Å²) in [4.78, 5) is 0. The Morgan fingerprint density at radius 1 is 1.50 bits per heavy atom. The lowest BCUT2D eigenvalue weighted by atomic mass is 10.1. The average Bonchev–Trinajstić information content (AvgIpc) is 1.88. The van der Waals surface area contributed by atoms with Gasteiger partial charge in [-0.2, -0.15) is 0 Å². The maximum Gasteiger partial charge on any atom is 0.183 e. The molecule has 1 heterocycles. The van der Waals surface area contributed by atoms with Gasteiger partial charge in [-0.05, 0) is 0 Å². The van der Waals surface area contributed by atoms with Crippen LogP contribution >= 0.6 is 0 Å². The summed E-state index contributed by atoms with van der Waals surface area (Å²) in [6, 6.07) is 0. The van der Waals surface area contributed by atoms with E-state index in [1.54, 1.807) is 0 Å². The van der Waals surface area contributed by atoms with Gasteiger partial charge in [-0.1, -0.05) is 0 Å². The highest BCUT2D eigenvalue weighted by atomic mass is 16.7. The largest absolute Gasteiger partial charge is 0.391 e. The topological polar surface area (TPSA) is 58.9 Å². The van der Waals surface area contributed by atoms with Gasteiger partial charge in [0.25, 0.3) is 0 Å². The molecule has 0 bridgehead atoms. The Bertz CT molecular complexity index is 106. The summed E-state index contributed by atoms with van der Waals surface area (Å²) >= 11 is 0. The lowest BCUT2D eigenvalue weighted by molar-refractivity contribution is -0.224. The van der Waals surface area contributed by atoms with Crippen LogP contribution in [0, 0.1) is 0 Å². The van der Waals surface area contributed by atoms with Gasteiger partial charge in [0, 0.05) is 13.5 Å². The molecule has 4 heteroatoms. The number of aliphatic hydroxyl groups excluding tert-OH is 2. The van der Waals surface area contributed by atoms with Crippen molar-refractivity contribution in [1.82, 2.24) is 0 Å². The second kappa shape index (κ2) is 3.30. The number of ether oxygens (including phenoxy) is 2. The summed E-state index contributed by atoms with van der Waals surface area (Å²) in [5.41, 5.74) is 0. The zero-order valence-corrected chi connectivity index (χ0v) is 5.86. The Hall–Kier alpha value is -0.160. The van der Waals surface area contributed by atoms with E-state index in [9.17, 15) is 0 Å². The molecule has 0 unspecified atom stereocenters. The van der Waals surface area contributed by atoms with Crippen LogP contribution < -0.4 is 0 Å². The molecule has 0 aliphatic carbocycles. The summed E-state index contributed by atoms with van der Waals surface area (Å²) in [6.45, 7) is 0.246. The summed E-state index contributed by atoms with van der Waals surface area (Å²) in [6.07, 6.45) is -1.49. The molecule has 1 saturated heterocycles. The summed E-state index contributed by atoms with van der Waals surface area (Å²) < 4.78 is 9.70. The molecule has 60 valence electrons. The third kappa shape index (κ3) is 1.67. The first-order valence-electron chi connectivity index (χ1n) is 3.24. The van der Waals surface area contributed by atoms with E-state index in [-0.39, 0.29) is 6.61 Å². The zero-order valence-electron chi connectivity index (χ0n) is 5.86. The molecule has 2 N–H and O–H groups in total. The van der Waals surface area contributed by atoms with Crippen LogP contribution in [-0.4, -0.2) is 42.4 Å². The third-order valence-electron chi connectivity index (χ3n) is 1.51. The minimum absolute atomic E-state index is 0.246. The zero-order chi connectivity index (χ0) is 7.56. The Balaban J connectivity index is 2.36. The number of rotatable bonds is 1. The van der Waals surface area contributed by atoms with E-state index in [1.165, 1.54) is 7.11 Å². The Kier molecular flexibility index (Phi) is 2.62. The molecule has 0 aromatic rings. The molecular formula is C6H12O4. The number of hydrogen-bond acceptors (Lipinski definition) is 4. The first-order valence-corrected chi connectivity index (χ1v) is 3.24. The lowest BCUT2D eigenvalue weighted by Crippen LogP contribution is -2.41. The van der Waals surface area contributed by atoms with E-state index in [1.807, 2.05) is 0 Å². The first kappa shape index (κ1) is 7.94. The van der Waals surface area contributed by atoms with Crippen molar-refractivity contribution >= 4 is 0 Å². The SMILES string of the molecule is CO[C@@H]1OC[C@H](O)C[C@H]1O. The smallest absolute Gasteiger partial charge is 0.183 e. The van der Waals surface area contributed by atoms with Crippen molar-refractivity contribution in [2.45, 2.75) is 24.9 Å². The summed E-state index contributed by atoms with van der Waals surface area (Å²) in [5, 5.41) is 18.1. The van der Waals surface area contributed by atoms with Gasteiger partial charge in [0.2, 0.25) is 0 Å². The van der Waals surface area contributed by atoms with Gasteiger partial charge in [-0.3, -0.25) is 0 Å². The monoisotopic (exact) mass is 148 g/mol. The van der Waals surface area contributed by atoms with E-state index in [4.69, 9.17) is 19.7 Å². The quantitative estimate of drug-likeness (QED) is 0.506. The van der Waals surface area contributed by atoms with Crippen LogP contribution in [0.2, 0.25) is 0 Å². The van der Waals surface area contributed by atoms with Crippen molar-refractivity contribution in [2.75, 3.05) is 13.7 Å². The number of methoxy groups -OCH3 is 1. The molecule has 0 aromatic carbocycles. The van der Waals surface area contributed by atoms with Gasteiger partial charge >= 0.3 is 0 Å². The van der Waals surface area contributed by atoms with E-state index < -0.39 is 18.5 Å². The van der Waals surface area contributed by atoms with Gasteiger partial charge < -0.3 is 19.7 Å². The molecule has 1 aliphatic heterocycles. The highest BCUT2D eigenvalue weighted by Crippen LogP contribution is 2.14. The van der Waals surface area contributed by atoms with Crippen molar-refractivity contribution in [3.05, 3.63) is 0 Å². The van der Waals surface area contributed by atoms with E-state index in [2.05, 4.69) is 0 Å². The average molecular weight is 148 g/mol. The molecular weight excluding hydrogens is 136 g/mol. The van der Waals surface area contributed by atoms with Gasteiger partial charge in [-0.15, -0.1) is 0 Å². The standard InChI is InChI=1S/C6H12O4/c1-9-6-5(8)2-4(7)3-10-6/h4-8H,2-3H2,1H3/t4-,5-,6-/m1/s1. The van der Waals surface area contributed by atoms with Gasteiger partial charge in [0.15, 0.2) is 6.29 Å². The van der Waals surface area contributed by atoms with Crippen molar-refractivity contribution < 1.29 is 19.7 Å². The van der Waals surface area contributed by atoms with Crippen LogP contribution in [0.1, 0.15) is 6.42 Å². The molecule has 1 rings (SSSR count). The molecule has 0 spiro atoms. The van der Waals surface area contributed by atoms with Crippen molar-refractivity contribution in [1.29, 1.82) is 0 Å². The molecule has 1 aliphatic rings. The highest BCUT2D eigenvalue weighted by Gasteiger charge is 2.28. The van der Waals surface area contributed by atoms with Crippen LogP contribution in [0.3, 0.4) is 0 Å². The minimum Gasteiger partial charge on any atom is -0.391 e. The number of hydrogen-bond donors (Lipinski definition) is 2. The molecule has 0 radical (unpaired) electrons. The molecule has 0 aromatic heterocycles. The van der Waals surface area contributed by atoms with Crippen LogP contribution in [0.15, 0.2) is 0 Å². The molecule has 0 saturated carbocycles. The fourth-order valence-corrected chi connectivity index (χ4v) is 1.00. The Morgan fingerprint density at radius 2 is 2.20 bits per heavy atom. The predicted molar refractivity (Wildman–Crippen MR) is 33.4 cm³/mol. The van der Waals surface area contributed by atoms with E-state index >= 15 is 0 Å². The Morgan fingerprint density at radius 3 is 2.70 bits per heavy atom. The maximum absolute atomic E-state index is 9.13. The second-order valence-electron chi connectivity index (χ2n) is 2.39. The molecule has 10 heavy (non-hydrogen) atoms. The van der Waals surface area contributed by atoms with Gasteiger partial charge in [0.05, 0.1) is 12.7 Å². The van der Waals surface area contributed by atoms with Crippen LogP contribution in [0.5, 0.6) is 0 Å². The fraction of sp³-hybridized carbons (Fsp3) is 1.00. The van der Waals surface area contributed by atoms with Crippen LogP contribution in [0.4, 0.5) is 0 Å². The molecule has 1 fully saturated rings. The molecule has 3 atom stereocenters. The molecule has 0 amide bonds. The fourth-order valence-electron chi connectivity index (χ4n) is 1.00. The van der Waals surface area contributed by atoms with Crippen LogP contribution in [-0.2, 0) is 9.47 Å². The summed E-state index contributed by atoms with van der Waals surface area (Å²) in [5.74, 6) is 0. The van der Waals surface area contributed by atoms with Crippen LogP contribution in [0.25, 0.3) is 0 Å². The van der Waals surface area contributed by atoms with Gasteiger partial charge in [0.1, 0.15) is 6.10 Å². The highest BCUT2D eigenvalue weighted by molar-refractivity contribution is 4.71. The Labute approximate surface area is 59.4 Å². The van der Waals surface area contributed by atoms with Crippen molar-refractivity contribution in [3.63, 3.8) is 0 Å². The molecule has 4 nitrogen and oxygen atoms in total. The number of aliphatic hydroxyl groups is 2. The third-order valence-corrected chi connectivity index (χ3v) is 1.51. The van der Waals surface area contributed by atoms with E-state index in [0.717, 1.165) is 0 Å². The van der Waals surface area contributed by atoms with Gasteiger partial charge in [-0.25, -0.2) is 0 Å². The summed E-state index contributed by atoms with van der Waals surface area (Å²) in [7, 11) is 1.46. The minimum atomic E-state index is -0.700. The lowest BCUT2D eigenvalue weighted by Gasteiger charge is -2.29. The van der Waals surface area contributed by atoms with Crippen molar-refractivity contribution in [2.24, 2.45) is 0 Å². The predicted octanol–water partition coefficient (Wildman–Crippen LogP) is -0.899. The van der Waals surface area contributed by atoms with Crippen molar-refractivity contribution in [3.8, 4) is 0 Å².